The van der Waals surface area contributed by atoms with Gasteiger partial charge in [0.05, 0.1) is 18.4 Å². The third-order valence-corrected chi connectivity index (χ3v) is 5.77. The molecule has 1 unspecified atom stereocenters. The van der Waals surface area contributed by atoms with Crippen LogP contribution in [0.5, 0.6) is 0 Å². The molecule has 0 fully saturated rings. The topological polar surface area (TPSA) is 73.4 Å². The van der Waals surface area contributed by atoms with Crippen LogP contribution in [0.25, 0.3) is 11.3 Å². The first-order valence-electron chi connectivity index (χ1n) is 9.55. The summed E-state index contributed by atoms with van der Waals surface area (Å²) >= 11 is 0. The minimum absolute atomic E-state index is 0. The summed E-state index contributed by atoms with van der Waals surface area (Å²) in [4.78, 5) is 14.1. The second-order valence-corrected chi connectivity index (χ2v) is 8.29. The molecule has 2 aromatic carbocycles. The van der Waals surface area contributed by atoms with Crippen LogP contribution in [0.3, 0.4) is 0 Å². The molecule has 0 spiro atoms. The van der Waals surface area contributed by atoms with Gasteiger partial charge in [0, 0.05) is 42.9 Å². The normalized spacial score (nSPS) is 12.1. The maximum atomic E-state index is 12.3. The summed E-state index contributed by atoms with van der Waals surface area (Å²) in [6, 6.07) is 20.0. The summed E-state index contributed by atoms with van der Waals surface area (Å²) in [7, 11) is 2.79. The number of halogens is 1. The lowest BCUT2D eigenvalue weighted by atomic mass is 10.2. The Hall–Kier alpha value is -2.20. The zero-order valence-electron chi connectivity index (χ0n) is 17.2. The monoisotopic (exact) mass is 537 g/mol. The van der Waals surface area contributed by atoms with Crippen LogP contribution in [0.2, 0.25) is 0 Å². The highest BCUT2D eigenvalue weighted by atomic mass is 127. The Morgan fingerprint density at radius 1 is 1.13 bits per heavy atom. The lowest BCUT2D eigenvalue weighted by Gasteiger charge is -2.21. The number of benzene rings is 2. The summed E-state index contributed by atoms with van der Waals surface area (Å²) in [5.74, 6) is 2.76. The zero-order valence-corrected chi connectivity index (χ0v) is 20.4. The molecule has 0 radical (unpaired) electrons. The lowest BCUT2D eigenvalue weighted by Crippen LogP contribution is -2.40. The quantitative estimate of drug-likeness (QED) is 0.262. The van der Waals surface area contributed by atoms with Crippen molar-refractivity contribution in [3.63, 3.8) is 0 Å². The number of rotatable bonds is 8. The van der Waals surface area contributed by atoms with Crippen LogP contribution in [-0.2, 0) is 23.1 Å². The van der Waals surface area contributed by atoms with Crippen LogP contribution in [0.15, 0.2) is 71.9 Å². The van der Waals surface area contributed by atoms with Crippen LogP contribution in [-0.4, -0.2) is 51.4 Å². The molecule has 0 aliphatic rings. The number of nitrogens with zero attached hydrogens (tertiary/aromatic N) is 3. The maximum Gasteiger partial charge on any atom is 0.193 e. The molecule has 0 saturated carbocycles. The van der Waals surface area contributed by atoms with Crippen molar-refractivity contribution < 1.29 is 4.21 Å². The van der Waals surface area contributed by atoms with Gasteiger partial charge in [0.1, 0.15) is 5.82 Å². The average Bonchev–Trinajstić information content (AvgIpc) is 3.21. The number of hydrogen-bond donors (Lipinski definition) is 2. The van der Waals surface area contributed by atoms with Gasteiger partial charge >= 0.3 is 0 Å². The molecule has 0 amide bonds. The minimum atomic E-state index is -0.913. The smallest absolute Gasteiger partial charge is 0.193 e. The van der Waals surface area contributed by atoms with E-state index in [9.17, 15) is 4.21 Å². The molecule has 2 N–H and O–H groups in total. The molecule has 30 heavy (non-hydrogen) atoms. The van der Waals surface area contributed by atoms with E-state index in [1.807, 2.05) is 66.7 Å². The highest BCUT2D eigenvalue weighted by Crippen LogP contribution is 2.16. The van der Waals surface area contributed by atoms with E-state index in [4.69, 9.17) is 0 Å². The summed E-state index contributed by atoms with van der Waals surface area (Å²) in [6.45, 7) is 1.20. The van der Waals surface area contributed by atoms with Gasteiger partial charge in [0.25, 0.3) is 0 Å². The molecule has 160 valence electrons. The molecule has 1 atom stereocenters. The molecule has 0 aliphatic heterocycles. The van der Waals surface area contributed by atoms with Gasteiger partial charge in [-0.25, -0.2) is 4.98 Å². The average molecular weight is 537 g/mol. The highest BCUT2D eigenvalue weighted by molar-refractivity contribution is 14.0. The number of guanidine groups is 1. The van der Waals surface area contributed by atoms with E-state index in [0.717, 1.165) is 28.6 Å². The summed E-state index contributed by atoms with van der Waals surface area (Å²) < 4.78 is 12.3. The minimum Gasteiger partial charge on any atom is -0.355 e. The number of nitrogens with one attached hydrogen (secondary N) is 2. The van der Waals surface area contributed by atoms with Crippen molar-refractivity contribution in [1.82, 2.24) is 20.2 Å². The van der Waals surface area contributed by atoms with Gasteiger partial charge in [-0.3, -0.25) is 9.20 Å². The van der Waals surface area contributed by atoms with Crippen molar-refractivity contribution in [2.24, 2.45) is 4.99 Å². The van der Waals surface area contributed by atoms with Crippen LogP contribution in [0.4, 0.5) is 0 Å². The second-order valence-electron chi connectivity index (χ2n) is 6.71. The highest BCUT2D eigenvalue weighted by Gasteiger charge is 2.10. The Kier molecular flexibility index (Phi) is 10.0. The fraction of sp³-hybridized carbons (Fsp3) is 0.273. The third-order valence-electron chi connectivity index (χ3n) is 4.46. The van der Waals surface area contributed by atoms with Gasteiger partial charge < -0.3 is 15.2 Å². The Morgan fingerprint density at radius 3 is 2.47 bits per heavy atom. The molecule has 0 bridgehead atoms. The van der Waals surface area contributed by atoms with Crippen molar-refractivity contribution in [3.05, 3.63) is 78.2 Å². The largest absolute Gasteiger partial charge is 0.355 e. The van der Waals surface area contributed by atoms with Crippen LogP contribution in [0, 0.1) is 0 Å². The number of aromatic nitrogens is 2. The molecule has 6 nitrogen and oxygen atoms in total. The van der Waals surface area contributed by atoms with Crippen molar-refractivity contribution >= 4 is 40.7 Å². The Morgan fingerprint density at radius 2 is 1.80 bits per heavy atom. The van der Waals surface area contributed by atoms with E-state index in [1.165, 1.54) is 0 Å². The molecule has 1 aromatic heterocycles. The molecule has 0 saturated heterocycles. The van der Waals surface area contributed by atoms with Crippen molar-refractivity contribution in [3.8, 4) is 11.3 Å². The van der Waals surface area contributed by atoms with Gasteiger partial charge in [0.15, 0.2) is 5.96 Å². The lowest BCUT2D eigenvalue weighted by molar-refractivity contribution is 0.466. The van der Waals surface area contributed by atoms with Crippen molar-refractivity contribution in [1.29, 1.82) is 0 Å². The summed E-state index contributed by atoms with van der Waals surface area (Å²) in [5, 5.41) is 3.29. The number of aromatic amines is 1. The van der Waals surface area contributed by atoms with E-state index < -0.39 is 10.8 Å². The van der Waals surface area contributed by atoms with Crippen LogP contribution >= 0.6 is 24.0 Å². The van der Waals surface area contributed by atoms with E-state index in [0.29, 0.717) is 24.6 Å². The van der Waals surface area contributed by atoms with Crippen LogP contribution in [0.1, 0.15) is 11.4 Å². The van der Waals surface area contributed by atoms with E-state index >= 15 is 0 Å². The van der Waals surface area contributed by atoms with Gasteiger partial charge in [0.2, 0.25) is 0 Å². The molecule has 3 aromatic rings. The third kappa shape index (κ3) is 7.24. The van der Waals surface area contributed by atoms with Gasteiger partial charge in [-0.2, -0.15) is 0 Å². The number of imidazole rings is 1. The fourth-order valence-corrected chi connectivity index (χ4v) is 4.04. The molecule has 1 heterocycles. The first kappa shape index (κ1) is 24.1. The first-order valence-corrected chi connectivity index (χ1v) is 11.0. The van der Waals surface area contributed by atoms with E-state index in [2.05, 4.69) is 32.4 Å². The number of aliphatic imine (C=N–C) groups is 1. The summed E-state index contributed by atoms with van der Waals surface area (Å²) in [6.07, 6.45) is 1.85. The van der Waals surface area contributed by atoms with E-state index in [1.54, 1.807) is 7.05 Å². The Balaban J connectivity index is 0.00000320. The van der Waals surface area contributed by atoms with Gasteiger partial charge in [-0.1, -0.05) is 60.7 Å². The number of H-pyrrole nitrogens is 1. The SMILES string of the molecule is CN=C(NCCS(=O)Cc1ccccc1)N(C)Cc1ncc(-c2ccccc2)[nH]1.I. The number of hydrogen-bond acceptors (Lipinski definition) is 3. The molecule has 0 aliphatic carbocycles. The molecule has 3 rings (SSSR count). The van der Waals surface area contributed by atoms with Gasteiger partial charge in [-0.15, -0.1) is 24.0 Å². The van der Waals surface area contributed by atoms with Crippen LogP contribution < -0.4 is 5.32 Å². The molecule has 8 heteroatoms. The van der Waals surface area contributed by atoms with Crippen molar-refractivity contribution in [2.45, 2.75) is 12.3 Å². The van der Waals surface area contributed by atoms with Gasteiger partial charge in [-0.05, 0) is 11.1 Å². The Labute approximate surface area is 197 Å². The van der Waals surface area contributed by atoms with Crippen molar-refractivity contribution in [2.75, 3.05) is 26.4 Å². The molecular formula is C22H28IN5OS. The summed E-state index contributed by atoms with van der Waals surface area (Å²) in [5.41, 5.74) is 3.20. The zero-order chi connectivity index (χ0) is 20.5. The predicted molar refractivity (Wildman–Crippen MR) is 135 cm³/mol. The second kappa shape index (κ2) is 12.5. The molecular weight excluding hydrogens is 509 g/mol. The fourth-order valence-electron chi connectivity index (χ4n) is 3.00. The predicted octanol–water partition coefficient (Wildman–Crippen LogP) is 3.65. The first-order chi connectivity index (χ1) is 14.2. The van der Waals surface area contributed by atoms with E-state index in [-0.39, 0.29) is 24.0 Å². The maximum absolute atomic E-state index is 12.3. The Bertz CT molecular complexity index is 946. The standard InChI is InChI=1S/C22H27N5OS.HI/c1-23-22(24-13-14-29(28)17-18-9-5-3-6-10-18)27(2)16-21-25-15-20(26-21)19-11-7-4-8-12-19;/h3-12,15H,13-14,16-17H2,1-2H3,(H,23,24)(H,25,26);1H.